The summed E-state index contributed by atoms with van der Waals surface area (Å²) < 4.78 is 10.3. The van der Waals surface area contributed by atoms with E-state index in [0.29, 0.717) is 19.1 Å². The molecule has 1 atom stereocenters. The lowest BCUT2D eigenvalue weighted by molar-refractivity contribution is -0.141. The number of likely N-dealkylation sites (tertiary alicyclic amines) is 1. The van der Waals surface area contributed by atoms with Crippen molar-refractivity contribution in [3.63, 3.8) is 0 Å². The number of nitrogens with zero attached hydrogens (tertiary/aromatic N) is 2. The van der Waals surface area contributed by atoms with Gasteiger partial charge in [-0.15, -0.1) is 0 Å². The highest BCUT2D eigenvalue weighted by Gasteiger charge is 2.23. The molecule has 2 rings (SSSR count). The van der Waals surface area contributed by atoms with E-state index in [9.17, 15) is 9.59 Å². The van der Waals surface area contributed by atoms with Crippen LogP contribution in [0.1, 0.15) is 25.3 Å². The van der Waals surface area contributed by atoms with Gasteiger partial charge in [-0.2, -0.15) is 0 Å². The Balaban J connectivity index is 1.76. The third-order valence-corrected chi connectivity index (χ3v) is 5.06. The van der Waals surface area contributed by atoms with Gasteiger partial charge >= 0.3 is 12.0 Å². The summed E-state index contributed by atoms with van der Waals surface area (Å²) in [5.74, 6) is 0.961. The quantitative estimate of drug-likeness (QED) is 0.653. The molecule has 1 unspecified atom stereocenters. The Morgan fingerprint density at radius 2 is 2.11 bits per heavy atom. The van der Waals surface area contributed by atoms with E-state index >= 15 is 0 Å². The number of ether oxygens (including phenoxy) is 2. The Labute approximate surface area is 168 Å². The predicted octanol–water partition coefficient (Wildman–Crippen LogP) is 2.15. The molecule has 0 bridgehead atoms. The van der Waals surface area contributed by atoms with Crippen LogP contribution in [0, 0.1) is 5.92 Å². The molecule has 156 valence electrons. The minimum absolute atomic E-state index is 0.0906. The van der Waals surface area contributed by atoms with Crippen molar-refractivity contribution in [3.8, 4) is 5.75 Å². The zero-order valence-corrected chi connectivity index (χ0v) is 17.3. The summed E-state index contributed by atoms with van der Waals surface area (Å²) >= 11 is 0. The number of piperidine rings is 1. The number of amides is 2. The van der Waals surface area contributed by atoms with Crippen LogP contribution in [-0.2, 0) is 16.0 Å². The molecule has 1 N–H and O–H groups in total. The first-order chi connectivity index (χ1) is 13.5. The maximum absolute atomic E-state index is 12.2. The summed E-state index contributed by atoms with van der Waals surface area (Å²) in [6.45, 7) is 5.70. The van der Waals surface area contributed by atoms with E-state index in [1.54, 1.807) is 26.0 Å². The topological polar surface area (TPSA) is 71.1 Å². The highest BCUT2D eigenvalue weighted by Crippen LogP contribution is 2.21. The number of carbonyl (C=O) groups is 2. The Morgan fingerprint density at radius 1 is 1.32 bits per heavy atom. The highest BCUT2D eigenvalue weighted by molar-refractivity contribution is 5.80. The SMILES string of the molecule is CCOC(=O)CNC(=O)N(C)CC1CCCN(CCc2ccccc2OC)C1. The minimum atomic E-state index is -0.413. The maximum atomic E-state index is 12.2. The molecule has 0 radical (unpaired) electrons. The van der Waals surface area contributed by atoms with Crippen LogP contribution < -0.4 is 10.1 Å². The van der Waals surface area contributed by atoms with Crippen LogP contribution >= 0.6 is 0 Å². The molecule has 1 aromatic carbocycles. The van der Waals surface area contributed by atoms with Gasteiger partial charge in [0.15, 0.2) is 0 Å². The zero-order valence-electron chi connectivity index (χ0n) is 17.3. The normalized spacial score (nSPS) is 17.0. The van der Waals surface area contributed by atoms with Gasteiger partial charge in [0.1, 0.15) is 12.3 Å². The Bertz CT molecular complexity index is 638. The van der Waals surface area contributed by atoms with Crippen molar-refractivity contribution in [1.82, 2.24) is 15.1 Å². The average Bonchev–Trinajstić information content (AvgIpc) is 2.71. The van der Waals surface area contributed by atoms with E-state index in [4.69, 9.17) is 9.47 Å². The number of rotatable bonds is 9. The van der Waals surface area contributed by atoms with E-state index in [1.165, 1.54) is 5.56 Å². The van der Waals surface area contributed by atoms with Crippen LogP contribution in [0.4, 0.5) is 4.79 Å². The summed E-state index contributed by atoms with van der Waals surface area (Å²) in [6.07, 6.45) is 3.20. The van der Waals surface area contributed by atoms with Gasteiger partial charge in [0, 0.05) is 26.7 Å². The Morgan fingerprint density at radius 3 is 2.86 bits per heavy atom. The second-order valence-electron chi connectivity index (χ2n) is 7.21. The van der Waals surface area contributed by atoms with E-state index in [2.05, 4.69) is 16.3 Å². The molecule has 0 saturated carbocycles. The van der Waals surface area contributed by atoms with Gasteiger partial charge in [-0.25, -0.2) is 4.79 Å². The van der Waals surface area contributed by atoms with E-state index in [1.807, 2.05) is 18.2 Å². The standard InChI is InChI=1S/C21H33N3O4/c1-4-28-20(25)14-22-21(26)23(2)15-17-8-7-12-24(16-17)13-11-18-9-5-6-10-19(18)27-3/h5-6,9-10,17H,4,7-8,11-16H2,1-3H3,(H,22,26). The molecule has 1 aromatic rings. The van der Waals surface area contributed by atoms with Crippen molar-refractivity contribution in [2.75, 3.05) is 53.5 Å². The monoisotopic (exact) mass is 391 g/mol. The molecule has 1 aliphatic heterocycles. The number of hydrogen-bond acceptors (Lipinski definition) is 5. The molecule has 0 spiro atoms. The van der Waals surface area contributed by atoms with Crippen LogP contribution in [0.15, 0.2) is 24.3 Å². The Kier molecular flexibility index (Phi) is 9.07. The van der Waals surface area contributed by atoms with Crippen LogP contribution in [0.3, 0.4) is 0 Å². The molecule has 28 heavy (non-hydrogen) atoms. The fourth-order valence-electron chi connectivity index (χ4n) is 3.66. The molecular weight excluding hydrogens is 358 g/mol. The number of hydrogen-bond donors (Lipinski definition) is 1. The highest BCUT2D eigenvalue weighted by atomic mass is 16.5. The van der Waals surface area contributed by atoms with Crippen molar-refractivity contribution < 1.29 is 19.1 Å². The maximum Gasteiger partial charge on any atom is 0.325 e. The Hall–Kier alpha value is -2.28. The van der Waals surface area contributed by atoms with Crippen molar-refractivity contribution in [1.29, 1.82) is 0 Å². The van der Waals surface area contributed by atoms with E-state index in [-0.39, 0.29) is 12.6 Å². The largest absolute Gasteiger partial charge is 0.496 e. The van der Waals surface area contributed by atoms with Crippen molar-refractivity contribution in [2.45, 2.75) is 26.2 Å². The van der Waals surface area contributed by atoms with Crippen LogP contribution in [0.25, 0.3) is 0 Å². The van der Waals surface area contributed by atoms with Crippen molar-refractivity contribution in [3.05, 3.63) is 29.8 Å². The molecule has 7 nitrogen and oxygen atoms in total. The first-order valence-corrected chi connectivity index (χ1v) is 10.0. The lowest BCUT2D eigenvalue weighted by atomic mass is 9.97. The molecule has 1 heterocycles. The molecule has 2 amide bonds. The molecule has 0 aliphatic carbocycles. The van der Waals surface area contributed by atoms with Gasteiger partial charge in [-0.1, -0.05) is 18.2 Å². The van der Waals surface area contributed by atoms with Crippen molar-refractivity contribution >= 4 is 12.0 Å². The summed E-state index contributed by atoms with van der Waals surface area (Å²) in [4.78, 5) is 27.7. The first kappa shape index (κ1) is 22.0. The van der Waals surface area contributed by atoms with Gasteiger partial charge in [0.25, 0.3) is 0 Å². The van der Waals surface area contributed by atoms with Crippen LogP contribution in [0.2, 0.25) is 0 Å². The number of carbonyl (C=O) groups excluding carboxylic acids is 2. The fourth-order valence-corrected chi connectivity index (χ4v) is 3.66. The first-order valence-electron chi connectivity index (χ1n) is 10.0. The van der Waals surface area contributed by atoms with E-state index < -0.39 is 5.97 Å². The smallest absolute Gasteiger partial charge is 0.325 e. The molecular formula is C21H33N3O4. The number of nitrogens with one attached hydrogen (secondary N) is 1. The third kappa shape index (κ3) is 7.03. The van der Waals surface area contributed by atoms with Crippen LogP contribution in [0.5, 0.6) is 5.75 Å². The number of para-hydroxylation sites is 1. The number of benzene rings is 1. The summed E-state index contributed by atoms with van der Waals surface area (Å²) in [5, 5.41) is 2.61. The van der Waals surface area contributed by atoms with Crippen LogP contribution in [-0.4, -0.2) is 75.3 Å². The predicted molar refractivity (Wildman–Crippen MR) is 109 cm³/mol. The van der Waals surface area contributed by atoms with Gasteiger partial charge in [-0.05, 0) is 50.3 Å². The number of esters is 1. The van der Waals surface area contributed by atoms with Crippen molar-refractivity contribution in [2.24, 2.45) is 5.92 Å². The van der Waals surface area contributed by atoms with Gasteiger partial charge in [0.05, 0.1) is 13.7 Å². The molecule has 1 fully saturated rings. The second-order valence-corrected chi connectivity index (χ2v) is 7.21. The number of urea groups is 1. The third-order valence-electron chi connectivity index (χ3n) is 5.06. The lowest BCUT2D eigenvalue weighted by Gasteiger charge is -2.34. The minimum Gasteiger partial charge on any atom is -0.496 e. The lowest BCUT2D eigenvalue weighted by Crippen LogP contribution is -2.46. The summed E-state index contributed by atoms with van der Waals surface area (Å²) in [6, 6.07) is 7.90. The fraction of sp³-hybridized carbons (Fsp3) is 0.619. The molecule has 1 saturated heterocycles. The second kappa shape index (κ2) is 11.5. The summed E-state index contributed by atoms with van der Waals surface area (Å²) in [5.41, 5.74) is 1.22. The van der Waals surface area contributed by atoms with Gasteiger partial charge in [-0.3, -0.25) is 4.79 Å². The van der Waals surface area contributed by atoms with E-state index in [0.717, 1.165) is 44.6 Å². The molecule has 0 aromatic heterocycles. The average molecular weight is 392 g/mol. The number of methoxy groups -OCH3 is 1. The molecule has 1 aliphatic rings. The molecule has 7 heteroatoms. The summed E-state index contributed by atoms with van der Waals surface area (Å²) in [7, 11) is 3.48. The van der Waals surface area contributed by atoms with Gasteiger partial charge in [0.2, 0.25) is 0 Å². The zero-order chi connectivity index (χ0) is 20.4. The van der Waals surface area contributed by atoms with Gasteiger partial charge < -0.3 is 24.6 Å².